The Bertz CT molecular complexity index is 591. The molecule has 0 spiro atoms. The maximum absolute atomic E-state index is 13.3. The standard InChI is InChI=1S/C16H17F2N/c1-11-6-7-15(18)8-12(11)10-16(2,19)13-4-3-5-14(17)9-13/h3-9H,10,19H2,1-2H3. The van der Waals surface area contributed by atoms with Gasteiger partial charge in [-0.05, 0) is 61.2 Å². The van der Waals surface area contributed by atoms with E-state index in [0.29, 0.717) is 12.0 Å². The van der Waals surface area contributed by atoms with Crippen LogP contribution in [0.3, 0.4) is 0 Å². The van der Waals surface area contributed by atoms with Crippen LogP contribution in [0.1, 0.15) is 23.6 Å². The van der Waals surface area contributed by atoms with Gasteiger partial charge in [0.25, 0.3) is 0 Å². The fourth-order valence-corrected chi connectivity index (χ4v) is 2.17. The molecule has 19 heavy (non-hydrogen) atoms. The maximum Gasteiger partial charge on any atom is 0.123 e. The van der Waals surface area contributed by atoms with Crippen LogP contribution in [0.2, 0.25) is 0 Å². The van der Waals surface area contributed by atoms with Gasteiger partial charge in [-0.2, -0.15) is 0 Å². The van der Waals surface area contributed by atoms with E-state index in [-0.39, 0.29) is 11.6 Å². The fraction of sp³-hybridized carbons (Fsp3) is 0.250. The Hall–Kier alpha value is -1.74. The summed E-state index contributed by atoms with van der Waals surface area (Å²) in [7, 11) is 0. The molecule has 0 aliphatic heterocycles. The molecule has 0 amide bonds. The zero-order chi connectivity index (χ0) is 14.0. The Kier molecular flexibility index (Phi) is 3.67. The summed E-state index contributed by atoms with van der Waals surface area (Å²) in [5, 5.41) is 0. The third kappa shape index (κ3) is 3.18. The summed E-state index contributed by atoms with van der Waals surface area (Å²) >= 11 is 0. The van der Waals surface area contributed by atoms with Crippen LogP contribution in [0.15, 0.2) is 42.5 Å². The summed E-state index contributed by atoms with van der Waals surface area (Å²) in [4.78, 5) is 0. The van der Waals surface area contributed by atoms with Gasteiger partial charge >= 0.3 is 0 Å². The first-order valence-electron chi connectivity index (χ1n) is 6.18. The number of aryl methyl sites for hydroxylation is 1. The molecule has 0 aliphatic carbocycles. The number of hydrogen-bond donors (Lipinski definition) is 1. The average molecular weight is 261 g/mol. The lowest BCUT2D eigenvalue weighted by Crippen LogP contribution is -2.35. The Morgan fingerprint density at radius 1 is 1.05 bits per heavy atom. The number of benzene rings is 2. The van der Waals surface area contributed by atoms with Crippen molar-refractivity contribution in [2.75, 3.05) is 0 Å². The van der Waals surface area contributed by atoms with E-state index in [1.54, 1.807) is 18.2 Å². The van der Waals surface area contributed by atoms with Crippen molar-refractivity contribution in [2.24, 2.45) is 5.73 Å². The Morgan fingerprint density at radius 3 is 2.42 bits per heavy atom. The molecule has 0 saturated carbocycles. The fourth-order valence-electron chi connectivity index (χ4n) is 2.17. The quantitative estimate of drug-likeness (QED) is 0.896. The Morgan fingerprint density at radius 2 is 1.74 bits per heavy atom. The molecule has 2 aromatic rings. The number of hydrogen-bond acceptors (Lipinski definition) is 1. The molecule has 0 bridgehead atoms. The van der Waals surface area contributed by atoms with Crippen molar-refractivity contribution in [3.63, 3.8) is 0 Å². The van der Waals surface area contributed by atoms with Gasteiger partial charge in [-0.25, -0.2) is 8.78 Å². The van der Waals surface area contributed by atoms with E-state index in [1.807, 2.05) is 13.8 Å². The van der Waals surface area contributed by atoms with Crippen LogP contribution in [-0.2, 0) is 12.0 Å². The first-order valence-corrected chi connectivity index (χ1v) is 6.18. The Balaban J connectivity index is 2.33. The zero-order valence-corrected chi connectivity index (χ0v) is 11.1. The van der Waals surface area contributed by atoms with E-state index < -0.39 is 5.54 Å². The molecular formula is C16H17F2N. The minimum Gasteiger partial charge on any atom is -0.321 e. The van der Waals surface area contributed by atoms with E-state index in [4.69, 9.17) is 5.73 Å². The van der Waals surface area contributed by atoms with E-state index in [0.717, 1.165) is 11.1 Å². The first-order chi connectivity index (χ1) is 8.88. The molecule has 2 rings (SSSR count). The van der Waals surface area contributed by atoms with Crippen LogP contribution in [-0.4, -0.2) is 0 Å². The smallest absolute Gasteiger partial charge is 0.123 e. The molecule has 0 aliphatic rings. The van der Waals surface area contributed by atoms with Crippen LogP contribution in [0.4, 0.5) is 8.78 Å². The zero-order valence-electron chi connectivity index (χ0n) is 11.1. The van der Waals surface area contributed by atoms with Crippen molar-refractivity contribution >= 4 is 0 Å². The van der Waals surface area contributed by atoms with Crippen LogP contribution in [0.25, 0.3) is 0 Å². The second kappa shape index (κ2) is 5.10. The third-order valence-corrected chi connectivity index (χ3v) is 3.35. The van der Waals surface area contributed by atoms with Crippen molar-refractivity contribution in [2.45, 2.75) is 25.8 Å². The van der Waals surface area contributed by atoms with Crippen molar-refractivity contribution in [1.82, 2.24) is 0 Å². The summed E-state index contributed by atoms with van der Waals surface area (Å²) < 4.78 is 26.6. The van der Waals surface area contributed by atoms with Gasteiger partial charge in [0.1, 0.15) is 11.6 Å². The predicted octanol–water partition coefficient (Wildman–Crippen LogP) is 3.69. The highest BCUT2D eigenvalue weighted by atomic mass is 19.1. The van der Waals surface area contributed by atoms with Gasteiger partial charge in [0.05, 0.1) is 0 Å². The van der Waals surface area contributed by atoms with Crippen molar-refractivity contribution in [3.05, 3.63) is 70.8 Å². The summed E-state index contributed by atoms with van der Waals surface area (Å²) in [6, 6.07) is 10.9. The van der Waals surface area contributed by atoms with Gasteiger partial charge in [0.2, 0.25) is 0 Å². The maximum atomic E-state index is 13.3. The number of nitrogens with two attached hydrogens (primary N) is 1. The molecule has 2 aromatic carbocycles. The third-order valence-electron chi connectivity index (χ3n) is 3.35. The molecule has 0 radical (unpaired) electrons. The lowest BCUT2D eigenvalue weighted by atomic mass is 9.85. The van der Waals surface area contributed by atoms with Crippen LogP contribution in [0.5, 0.6) is 0 Å². The Labute approximate surface area is 112 Å². The van der Waals surface area contributed by atoms with Gasteiger partial charge in [-0.3, -0.25) is 0 Å². The molecule has 1 unspecified atom stereocenters. The largest absolute Gasteiger partial charge is 0.321 e. The van der Waals surface area contributed by atoms with Gasteiger partial charge in [0.15, 0.2) is 0 Å². The molecule has 1 nitrogen and oxygen atoms in total. The summed E-state index contributed by atoms with van der Waals surface area (Å²) in [5.41, 5.74) is 8.06. The van der Waals surface area contributed by atoms with Gasteiger partial charge < -0.3 is 5.73 Å². The van der Waals surface area contributed by atoms with Crippen molar-refractivity contribution in [3.8, 4) is 0 Å². The summed E-state index contributed by atoms with van der Waals surface area (Å²) in [5.74, 6) is -0.596. The van der Waals surface area contributed by atoms with Gasteiger partial charge in [-0.15, -0.1) is 0 Å². The van der Waals surface area contributed by atoms with Gasteiger partial charge in [0, 0.05) is 5.54 Å². The van der Waals surface area contributed by atoms with Crippen molar-refractivity contribution < 1.29 is 8.78 Å². The molecule has 100 valence electrons. The molecule has 3 heteroatoms. The molecule has 2 N–H and O–H groups in total. The highest BCUT2D eigenvalue weighted by molar-refractivity contribution is 5.32. The molecule has 0 aromatic heterocycles. The van der Waals surface area contributed by atoms with Crippen LogP contribution < -0.4 is 5.73 Å². The van der Waals surface area contributed by atoms with Crippen LogP contribution in [0, 0.1) is 18.6 Å². The predicted molar refractivity (Wildman–Crippen MR) is 72.8 cm³/mol. The van der Waals surface area contributed by atoms with Gasteiger partial charge in [-0.1, -0.05) is 18.2 Å². The first kappa shape index (κ1) is 13.7. The van der Waals surface area contributed by atoms with E-state index >= 15 is 0 Å². The molecule has 1 atom stereocenters. The second-order valence-corrected chi connectivity index (χ2v) is 5.18. The summed E-state index contributed by atoms with van der Waals surface area (Å²) in [6.45, 7) is 3.74. The highest BCUT2D eigenvalue weighted by Crippen LogP contribution is 2.25. The summed E-state index contributed by atoms with van der Waals surface area (Å²) in [6.07, 6.45) is 0.458. The van der Waals surface area contributed by atoms with E-state index in [2.05, 4.69) is 0 Å². The minimum absolute atomic E-state index is 0.282. The molecule has 0 heterocycles. The topological polar surface area (TPSA) is 26.0 Å². The SMILES string of the molecule is Cc1ccc(F)cc1CC(C)(N)c1cccc(F)c1. The number of halogens is 2. The molecular weight excluding hydrogens is 244 g/mol. The normalized spacial score (nSPS) is 14.2. The van der Waals surface area contributed by atoms with Crippen molar-refractivity contribution in [1.29, 1.82) is 0 Å². The monoisotopic (exact) mass is 261 g/mol. The lowest BCUT2D eigenvalue weighted by molar-refractivity contribution is 0.483. The molecule has 0 fully saturated rings. The minimum atomic E-state index is -0.735. The van der Waals surface area contributed by atoms with E-state index in [9.17, 15) is 8.78 Å². The average Bonchev–Trinajstić information content (AvgIpc) is 2.33. The second-order valence-electron chi connectivity index (χ2n) is 5.18. The number of rotatable bonds is 3. The highest BCUT2D eigenvalue weighted by Gasteiger charge is 2.23. The lowest BCUT2D eigenvalue weighted by Gasteiger charge is -2.26. The van der Waals surface area contributed by atoms with E-state index in [1.165, 1.54) is 24.3 Å². The molecule has 0 saturated heterocycles. The van der Waals surface area contributed by atoms with Crippen LogP contribution >= 0.6 is 0 Å².